The second-order valence-corrected chi connectivity index (χ2v) is 7.27. The summed E-state index contributed by atoms with van der Waals surface area (Å²) in [5, 5.41) is 49.4. The Morgan fingerprint density at radius 1 is 1.10 bits per heavy atom. The van der Waals surface area contributed by atoms with Gasteiger partial charge in [-0.3, -0.25) is 0 Å². The van der Waals surface area contributed by atoms with Crippen molar-refractivity contribution in [3.63, 3.8) is 0 Å². The summed E-state index contributed by atoms with van der Waals surface area (Å²) in [6.45, 7) is 1.19. The third-order valence-electron chi connectivity index (χ3n) is 5.61. The lowest BCUT2D eigenvalue weighted by molar-refractivity contribution is -0.340. The molecule has 170 valence electrons. The zero-order valence-corrected chi connectivity index (χ0v) is 16.7. The second kappa shape index (κ2) is 9.71. The van der Waals surface area contributed by atoms with Gasteiger partial charge in [0.15, 0.2) is 6.29 Å². The molecule has 0 saturated carbocycles. The topological polar surface area (TPSA) is 164 Å². The first-order chi connectivity index (χ1) is 14.4. The lowest BCUT2D eigenvalue weighted by atomic mass is 9.82. The number of hydrogen-bond acceptors (Lipinski definition) is 11. The summed E-state index contributed by atoms with van der Waals surface area (Å²) in [4.78, 5) is 12.3. The highest BCUT2D eigenvalue weighted by Crippen LogP contribution is 2.45. The third kappa shape index (κ3) is 4.12. The number of aliphatic hydroxyl groups excluding tert-OH is 5. The van der Waals surface area contributed by atoms with Crippen LogP contribution in [0.1, 0.15) is 6.92 Å². The van der Waals surface area contributed by atoms with E-state index < -0.39 is 67.5 Å². The number of ether oxygens (including phenoxy) is 5. The molecule has 3 rings (SSSR count). The van der Waals surface area contributed by atoms with Crippen LogP contribution >= 0.6 is 0 Å². The van der Waals surface area contributed by atoms with Crippen LogP contribution in [0.15, 0.2) is 23.5 Å². The zero-order chi connectivity index (χ0) is 22.0. The Morgan fingerprint density at radius 2 is 1.83 bits per heavy atom. The average Bonchev–Trinajstić information content (AvgIpc) is 3.13. The molecule has 11 nitrogen and oxygen atoms in total. The van der Waals surface area contributed by atoms with Gasteiger partial charge in [0.05, 0.1) is 44.2 Å². The van der Waals surface area contributed by atoms with E-state index in [2.05, 4.69) is 0 Å². The lowest BCUT2D eigenvalue weighted by Gasteiger charge is -2.43. The molecule has 9 atom stereocenters. The molecule has 0 amide bonds. The minimum atomic E-state index is -1.62. The molecule has 0 aromatic rings. The molecule has 0 bridgehead atoms. The number of rotatable bonds is 7. The summed E-state index contributed by atoms with van der Waals surface area (Å²) >= 11 is 0. The Labute approximate surface area is 173 Å². The molecule has 0 radical (unpaired) electrons. The van der Waals surface area contributed by atoms with Gasteiger partial charge >= 0.3 is 5.97 Å². The number of carbonyl (C=O) groups excluding carboxylic acids is 1. The van der Waals surface area contributed by atoms with Crippen molar-refractivity contribution < 1.29 is 54.0 Å². The molecule has 5 N–H and O–H groups in total. The third-order valence-corrected chi connectivity index (χ3v) is 5.61. The molecule has 30 heavy (non-hydrogen) atoms. The lowest BCUT2D eigenvalue weighted by Crippen LogP contribution is -2.60. The van der Waals surface area contributed by atoms with Crippen molar-refractivity contribution in [1.29, 1.82) is 0 Å². The molecule has 1 fully saturated rings. The molecule has 0 unspecified atom stereocenters. The van der Waals surface area contributed by atoms with Gasteiger partial charge in [-0.1, -0.05) is 6.08 Å². The van der Waals surface area contributed by atoms with Crippen LogP contribution < -0.4 is 0 Å². The number of hydrogen-bond donors (Lipinski definition) is 5. The fourth-order valence-corrected chi connectivity index (χ4v) is 4.11. The number of aliphatic hydroxyl groups is 5. The van der Waals surface area contributed by atoms with Crippen molar-refractivity contribution in [2.75, 3.05) is 26.9 Å². The van der Waals surface area contributed by atoms with Gasteiger partial charge in [-0.15, -0.1) is 0 Å². The molecule has 0 spiro atoms. The first kappa shape index (κ1) is 23.1. The van der Waals surface area contributed by atoms with E-state index in [4.69, 9.17) is 23.7 Å². The van der Waals surface area contributed by atoms with Crippen LogP contribution in [0.5, 0.6) is 0 Å². The van der Waals surface area contributed by atoms with Gasteiger partial charge < -0.3 is 49.2 Å². The van der Waals surface area contributed by atoms with Gasteiger partial charge in [0.2, 0.25) is 6.29 Å². The van der Waals surface area contributed by atoms with Crippen molar-refractivity contribution in [1.82, 2.24) is 0 Å². The molecule has 11 heteroatoms. The molecular formula is C19H28O11. The SMILES string of the molecule is CCO[C@@H]1C=C(CO)[C@@H]2[C@H](O[C@@H]3O[C@H](CO)[C@@H](O)[C@H](O)[C@H]3O)OC=C(C(=O)OC)[C@@H]21. The molecule has 1 aliphatic carbocycles. The van der Waals surface area contributed by atoms with Crippen LogP contribution in [0.25, 0.3) is 0 Å². The second-order valence-electron chi connectivity index (χ2n) is 7.27. The first-order valence-corrected chi connectivity index (χ1v) is 9.70. The normalized spacial score (nSPS) is 40.8. The largest absolute Gasteiger partial charge is 0.471 e. The van der Waals surface area contributed by atoms with Gasteiger partial charge in [0.25, 0.3) is 0 Å². The minimum Gasteiger partial charge on any atom is -0.471 e. The highest BCUT2D eigenvalue weighted by molar-refractivity contribution is 5.89. The van der Waals surface area contributed by atoms with Crippen molar-refractivity contribution in [2.45, 2.75) is 50.0 Å². The van der Waals surface area contributed by atoms with Gasteiger partial charge in [-0.2, -0.15) is 0 Å². The maximum Gasteiger partial charge on any atom is 0.337 e. The van der Waals surface area contributed by atoms with Crippen molar-refractivity contribution in [3.8, 4) is 0 Å². The molecule has 1 saturated heterocycles. The smallest absolute Gasteiger partial charge is 0.337 e. The van der Waals surface area contributed by atoms with E-state index in [-0.39, 0.29) is 12.2 Å². The zero-order valence-electron chi connectivity index (χ0n) is 16.7. The first-order valence-electron chi connectivity index (χ1n) is 9.70. The predicted octanol–water partition coefficient (Wildman–Crippen LogP) is -2.21. The monoisotopic (exact) mass is 432 g/mol. The van der Waals surface area contributed by atoms with Crippen LogP contribution in [0, 0.1) is 11.8 Å². The van der Waals surface area contributed by atoms with E-state index in [1.165, 1.54) is 13.4 Å². The standard InChI is InChI=1S/C19H28O11/c1-3-27-10-4-8(5-20)12-13(10)9(17(25)26-2)7-28-18(12)30-19-16(24)15(23)14(22)11(6-21)29-19/h4,7,10-16,18-24H,3,5-6H2,1-2H3/t10-,11-,12+,13-,14-,15+,16-,18+,19+/m1/s1. The Balaban J connectivity index is 1.87. The summed E-state index contributed by atoms with van der Waals surface area (Å²) in [5.74, 6) is -1.87. The fraction of sp³-hybridized carbons (Fsp3) is 0.737. The Hall–Kier alpha value is -1.57. The highest BCUT2D eigenvalue weighted by Gasteiger charge is 2.52. The maximum atomic E-state index is 12.3. The van der Waals surface area contributed by atoms with E-state index in [1.54, 1.807) is 13.0 Å². The van der Waals surface area contributed by atoms with Gasteiger partial charge in [-0.05, 0) is 12.5 Å². The maximum absolute atomic E-state index is 12.3. The number of methoxy groups -OCH3 is 1. The average molecular weight is 432 g/mol. The van der Waals surface area contributed by atoms with E-state index in [0.717, 1.165) is 0 Å². The molecule has 3 aliphatic rings. The van der Waals surface area contributed by atoms with Crippen LogP contribution in [0.2, 0.25) is 0 Å². The Kier molecular flexibility index (Phi) is 7.47. The Morgan fingerprint density at radius 3 is 2.43 bits per heavy atom. The number of fused-ring (bicyclic) bond motifs is 1. The summed E-state index contributed by atoms with van der Waals surface area (Å²) in [6.07, 6.45) is -6.15. The van der Waals surface area contributed by atoms with E-state index in [9.17, 15) is 30.3 Å². The fourth-order valence-electron chi connectivity index (χ4n) is 4.11. The molecule has 2 aliphatic heterocycles. The van der Waals surface area contributed by atoms with E-state index in [1.807, 2.05) is 0 Å². The van der Waals surface area contributed by atoms with Crippen LogP contribution in [-0.2, 0) is 28.5 Å². The number of carbonyl (C=O) groups is 1. The minimum absolute atomic E-state index is 0.203. The van der Waals surface area contributed by atoms with Crippen LogP contribution in [0.4, 0.5) is 0 Å². The Bertz CT molecular complexity index is 675. The van der Waals surface area contributed by atoms with E-state index in [0.29, 0.717) is 12.2 Å². The molecule has 2 heterocycles. The summed E-state index contributed by atoms with van der Waals surface area (Å²) in [7, 11) is 1.24. The quantitative estimate of drug-likeness (QED) is 0.219. The van der Waals surface area contributed by atoms with E-state index >= 15 is 0 Å². The van der Waals surface area contributed by atoms with Crippen LogP contribution in [-0.4, -0.2) is 102 Å². The summed E-state index contributed by atoms with van der Waals surface area (Å²) in [5.41, 5.74) is 0.705. The molecule has 0 aromatic heterocycles. The van der Waals surface area contributed by atoms with Crippen molar-refractivity contribution in [2.24, 2.45) is 11.8 Å². The highest BCUT2D eigenvalue weighted by atomic mass is 16.8. The molecule has 0 aromatic carbocycles. The van der Waals surface area contributed by atoms with Gasteiger partial charge in [0.1, 0.15) is 24.4 Å². The van der Waals surface area contributed by atoms with Crippen LogP contribution in [0.3, 0.4) is 0 Å². The van der Waals surface area contributed by atoms with Gasteiger partial charge in [0, 0.05) is 12.5 Å². The number of esters is 1. The molecular weight excluding hydrogens is 404 g/mol. The van der Waals surface area contributed by atoms with Crippen molar-refractivity contribution in [3.05, 3.63) is 23.5 Å². The van der Waals surface area contributed by atoms with Gasteiger partial charge in [-0.25, -0.2) is 4.79 Å². The summed E-state index contributed by atoms with van der Waals surface area (Å²) < 4.78 is 27.3. The predicted molar refractivity (Wildman–Crippen MR) is 97.4 cm³/mol. The van der Waals surface area contributed by atoms with Crippen molar-refractivity contribution >= 4 is 5.97 Å². The summed E-state index contributed by atoms with van der Waals surface area (Å²) in [6, 6.07) is 0.